The van der Waals surface area contributed by atoms with Gasteiger partial charge in [-0.25, -0.2) is 14.2 Å². The highest BCUT2D eigenvalue weighted by Crippen LogP contribution is 2.41. The molecule has 0 bridgehead atoms. The van der Waals surface area contributed by atoms with Crippen molar-refractivity contribution in [2.75, 3.05) is 18.1 Å². The maximum Gasteiger partial charge on any atom is 0.352 e. The quantitative estimate of drug-likeness (QED) is 0.251. The first kappa shape index (κ1) is 21.2. The van der Waals surface area contributed by atoms with Crippen molar-refractivity contribution in [3.63, 3.8) is 0 Å². The second-order valence-corrected chi connectivity index (χ2v) is 8.53. The number of fused-ring (bicyclic) bond motifs is 1. The molecule has 4 N–H and O–H groups in total. The molecule has 2 aliphatic heterocycles. The standard InChI is InChI=1S/C14H17N11O4S2/c15-1-2-24-14(18-20-22-24)31-5-7-4-30-12-9(11(27)25(12)10(7)13(28)29)17-8(26)3-23-6-16-19-21-23/h6,9,12H,1-5,15H2,(H,17,26)(H,28,29)/t9?,12-/m0/s1. The van der Waals surface area contributed by atoms with Gasteiger partial charge in [-0.05, 0) is 26.4 Å². The summed E-state index contributed by atoms with van der Waals surface area (Å²) in [5, 5.41) is 34.2. The molecule has 1 saturated heterocycles. The van der Waals surface area contributed by atoms with E-state index in [1.54, 1.807) is 0 Å². The number of nitrogens with two attached hydrogens (primary N) is 1. The van der Waals surface area contributed by atoms with Gasteiger partial charge in [-0.15, -0.1) is 22.0 Å². The van der Waals surface area contributed by atoms with Crippen LogP contribution in [0.3, 0.4) is 0 Å². The first-order chi connectivity index (χ1) is 15.0. The molecular formula is C14H17N11O4S2. The van der Waals surface area contributed by atoms with Gasteiger partial charge in [0.15, 0.2) is 0 Å². The second-order valence-electron chi connectivity index (χ2n) is 6.48. The molecule has 2 atom stereocenters. The van der Waals surface area contributed by atoms with E-state index in [2.05, 4.69) is 36.4 Å². The van der Waals surface area contributed by atoms with Gasteiger partial charge >= 0.3 is 5.97 Å². The third-order valence-electron chi connectivity index (χ3n) is 4.48. The Hall–Kier alpha value is -3.05. The lowest BCUT2D eigenvalue weighted by Gasteiger charge is -2.49. The van der Waals surface area contributed by atoms with E-state index >= 15 is 0 Å². The molecule has 4 rings (SSSR count). The SMILES string of the molecule is NCCn1nnnc1SCC1=C(C(=O)O)N2C(=O)C(NC(=O)Cn3cnnn3)[C@@H]2SC1. The van der Waals surface area contributed by atoms with E-state index in [9.17, 15) is 19.5 Å². The molecule has 0 spiro atoms. The number of aromatic nitrogens is 8. The van der Waals surface area contributed by atoms with Crippen molar-refractivity contribution >= 4 is 41.3 Å². The molecule has 2 aromatic rings. The first-order valence-electron chi connectivity index (χ1n) is 8.98. The predicted molar refractivity (Wildman–Crippen MR) is 105 cm³/mol. The van der Waals surface area contributed by atoms with E-state index in [-0.39, 0.29) is 12.2 Å². The van der Waals surface area contributed by atoms with Crippen LogP contribution in [0.25, 0.3) is 0 Å². The zero-order valence-electron chi connectivity index (χ0n) is 15.9. The van der Waals surface area contributed by atoms with Crippen molar-refractivity contribution in [2.45, 2.75) is 29.7 Å². The van der Waals surface area contributed by atoms with Crippen LogP contribution in [0.1, 0.15) is 0 Å². The molecule has 0 saturated carbocycles. The van der Waals surface area contributed by atoms with Gasteiger partial charge < -0.3 is 16.2 Å². The number of carbonyl (C=O) groups excluding carboxylic acids is 2. The highest BCUT2D eigenvalue weighted by atomic mass is 32.2. The van der Waals surface area contributed by atoms with Crippen LogP contribution in [0.2, 0.25) is 0 Å². The fourth-order valence-electron chi connectivity index (χ4n) is 3.13. The van der Waals surface area contributed by atoms with Crippen molar-refractivity contribution in [2.24, 2.45) is 5.73 Å². The van der Waals surface area contributed by atoms with Gasteiger partial charge in [0.2, 0.25) is 11.1 Å². The average Bonchev–Trinajstić information content (AvgIpc) is 3.42. The minimum Gasteiger partial charge on any atom is -0.477 e. The largest absolute Gasteiger partial charge is 0.477 e. The Morgan fingerprint density at radius 2 is 2.19 bits per heavy atom. The Kier molecular flexibility index (Phi) is 6.14. The summed E-state index contributed by atoms with van der Waals surface area (Å²) in [7, 11) is 0. The molecule has 4 heterocycles. The van der Waals surface area contributed by atoms with E-state index in [1.165, 1.54) is 44.1 Å². The fourth-order valence-corrected chi connectivity index (χ4v) is 5.52. The Labute approximate surface area is 182 Å². The molecular weight excluding hydrogens is 450 g/mol. The van der Waals surface area contributed by atoms with Crippen molar-refractivity contribution in [1.82, 2.24) is 50.6 Å². The number of carboxylic acid groups (broad SMARTS) is 1. The Bertz CT molecular complexity index is 1020. The summed E-state index contributed by atoms with van der Waals surface area (Å²) in [5.41, 5.74) is 6.04. The molecule has 15 nitrogen and oxygen atoms in total. The number of aliphatic carboxylic acids is 1. The van der Waals surface area contributed by atoms with Crippen molar-refractivity contribution in [3.8, 4) is 0 Å². The van der Waals surface area contributed by atoms with E-state index in [0.29, 0.717) is 35.3 Å². The van der Waals surface area contributed by atoms with Crippen LogP contribution < -0.4 is 11.1 Å². The molecule has 2 amide bonds. The summed E-state index contributed by atoms with van der Waals surface area (Å²) in [6.07, 6.45) is 1.28. The Morgan fingerprint density at radius 3 is 2.90 bits per heavy atom. The van der Waals surface area contributed by atoms with Gasteiger partial charge in [0.25, 0.3) is 5.91 Å². The summed E-state index contributed by atoms with van der Waals surface area (Å²) in [6, 6.07) is -0.811. The summed E-state index contributed by atoms with van der Waals surface area (Å²) in [6.45, 7) is 0.658. The Balaban J connectivity index is 1.43. The van der Waals surface area contributed by atoms with Crippen molar-refractivity contribution in [1.29, 1.82) is 0 Å². The molecule has 2 aromatic heterocycles. The third kappa shape index (κ3) is 4.23. The summed E-state index contributed by atoms with van der Waals surface area (Å²) in [4.78, 5) is 38.0. The molecule has 1 unspecified atom stereocenters. The van der Waals surface area contributed by atoms with E-state index in [0.717, 1.165) is 0 Å². The van der Waals surface area contributed by atoms with Crippen LogP contribution in [-0.2, 0) is 27.5 Å². The lowest BCUT2D eigenvalue weighted by Crippen LogP contribution is -2.70. The number of rotatable bonds is 9. The number of tetrazole rings is 2. The highest BCUT2D eigenvalue weighted by molar-refractivity contribution is 8.01. The van der Waals surface area contributed by atoms with E-state index < -0.39 is 29.2 Å². The zero-order chi connectivity index (χ0) is 22.0. The van der Waals surface area contributed by atoms with Crippen LogP contribution in [0.4, 0.5) is 0 Å². The maximum absolute atomic E-state index is 12.7. The van der Waals surface area contributed by atoms with E-state index in [1.807, 2.05) is 0 Å². The molecule has 1 fully saturated rings. The smallest absolute Gasteiger partial charge is 0.352 e. The average molecular weight is 467 g/mol. The monoisotopic (exact) mass is 467 g/mol. The molecule has 17 heteroatoms. The van der Waals surface area contributed by atoms with Gasteiger partial charge in [0.1, 0.15) is 30.0 Å². The topological polar surface area (TPSA) is 200 Å². The number of nitrogens with zero attached hydrogens (tertiary/aromatic N) is 9. The van der Waals surface area contributed by atoms with Crippen molar-refractivity contribution in [3.05, 3.63) is 17.6 Å². The third-order valence-corrected chi connectivity index (χ3v) is 6.86. The van der Waals surface area contributed by atoms with Gasteiger partial charge in [-0.2, -0.15) is 0 Å². The number of carboxylic acids is 1. The number of carbonyl (C=O) groups is 3. The lowest BCUT2D eigenvalue weighted by molar-refractivity contribution is -0.150. The normalized spacial score (nSPS) is 20.4. The second kappa shape index (κ2) is 8.98. The number of hydrogen-bond donors (Lipinski definition) is 3. The van der Waals surface area contributed by atoms with Gasteiger partial charge in [0.05, 0.1) is 6.54 Å². The number of thioether (sulfide) groups is 2. The maximum atomic E-state index is 12.7. The number of hydrogen-bond acceptors (Lipinski definition) is 12. The summed E-state index contributed by atoms with van der Waals surface area (Å²) in [5.74, 6) is -1.43. The van der Waals surface area contributed by atoms with Gasteiger partial charge in [0, 0.05) is 18.1 Å². The molecule has 0 aromatic carbocycles. The van der Waals surface area contributed by atoms with Crippen molar-refractivity contribution < 1.29 is 19.5 Å². The molecule has 2 aliphatic rings. The fraction of sp³-hybridized carbons (Fsp3) is 0.500. The first-order valence-corrected chi connectivity index (χ1v) is 11.0. The minimum atomic E-state index is -1.20. The summed E-state index contributed by atoms with van der Waals surface area (Å²) < 4.78 is 2.76. The Morgan fingerprint density at radius 1 is 1.35 bits per heavy atom. The number of amides is 2. The lowest BCUT2D eigenvalue weighted by atomic mass is 10.0. The van der Waals surface area contributed by atoms with Gasteiger partial charge in [-0.1, -0.05) is 11.8 Å². The van der Waals surface area contributed by atoms with Crippen LogP contribution in [0.15, 0.2) is 22.8 Å². The molecule has 31 heavy (non-hydrogen) atoms. The van der Waals surface area contributed by atoms with Crippen LogP contribution in [-0.4, -0.2) is 97.7 Å². The van der Waals surface area contributed by atoms with E-state index in [4.69, 9.17) is 5.73 Å². The zero-order valence-corrected chi connectivity index (χ0v) is 17.5. The minimum absolute atomic E-state index is 0.0647. The highest BCUT2D eigenvalue weighted by Gasteiger charge is 2.54. The van der Waals surface area contributed by atoms with Crippen LogP contribution >= 0.6 is 23.5 Å². The molecule has 164 valence electrons. The molecule has 0 radical (unpaired) electrons. The predicted octanol–water partition coefficient (Wildman–Crippen LogP) is -2.85. The molecule has 0 aliphatic carbocycles. The summed E-state index contributed by atoms with van der Waals surface area (Å²) >= 11 is 2.66. The van der Waals surface area contributed by atoms with Gasteiger partial charge in [-0.3, -0.25) is 14.5 Å². The van der Waals surface area contributed by atoms with Crippen LogP contribution in [0, 0.1) is 0 Å². The number of β-lactam (4-membered cyclic amide) rings is 1. The van der Waals surface area contributed by atoms with Crippen LogP contribution in [0.5, 0.6) is 0 Å². The number of nitrogens with one attached hydrogen (secondary N) is 1.